The van der Waals surface area contributed by atoms with Gasteiger partial charge >= 0.3 is 0 Å². The van der Waals surface area contributed by atoms with Gasteiger partial charge in [0.2, 0.25) is 0 Å². The van der Waals surface area contributed by atoms with Crippen LogP contribution in [0.2, 0.25) is 0 Å². The summed E-state index contributed by atoms with van der Waals surface area (Å²) >= 11 is 0. The number of furan rings is 1. The molecule has 0 bridgehead atoms. The molecule has 1 saturated heterocycles. The van der Waals surface area contributed by atoms with Crippen LogP contribution >= 0.6 is 24.0 Å². The third kappa shape index (κ3) is 7.31. The van der Waals surface area contributed by atoms with Gasteiger partial charge in [-0.05, 0) is 64.0 Å². The number of aliphatic imine (C=N–C) groups is 1. The predicted octanol–water partition coefficient (Wildman–Crippen LogP) is 3.98. The molecule has 0 aliphatic carbocycles. The summed E-state index contributed by atoms with van der Waals surface area (Å²) in [5, 5.41) is 6.81. The maximum Gasteiger partial charge on any atom is 0.191 e. The Balaban J connectivity index is 0.00000341. The number of guanidine groups is 1. The number of likely N-dealkylation sites (tertiary alicyclic amines) is 1. The van der Waals surface area contributed by atoms with Crippen LogP contribution in [0.3, 0.4) is 0 Å². The number of aryl methyl sites for hydroxylation is 1. The molecule has 1 aromatic heterocycles. The summed E-state index contributed by atoms with van der Waals surface area (Å²) in [6.45, 7) is 7.55. The van der Waals surface area contributed by atoms with E-state index in [1.54, 1.807) is 14.2 Å². The number of nitrogens with zero attached hydrogens (tertiary/aromatic N) is 2. The standard InChI is InChI=1S/C23H34N4O3.HI/c1-17-11-12-20(29-17)19(27-13-7-8-14-27)16-26-23(24-3)25-15-18(2)30-22-10-6-5-9-21(22)28-4;/h5-6,9-12,18-19H,7-8,13-16H2,1-4H3,(H2,24,25,26);1H. The monoisotopic (exact) mass is 542 g/mol. The largest absolute Gasteiger partial charge is 0.493 e. The molecule has 0 radical (unpaired) electrons. The highest BCUT2D eigenvalue weighted by Crippen LogP contribution is 2.27. The van der Waals surface area contributed by atoms with Crippen molar-refractivity contribution in [1.82, 2.24) is 15.5 Å². The van der Waals surface area contributed by atoms with Crippen molar-refractivity contribution in [2.45, 2.75) is 38.8 Å². The molecule has 3 rings (SSSR count). The summed E-state index contributed by atoms with van der Waals surface area (Å²) in [6.07, 6.45) is 2.42. The van der Waals surface area contributed by atoms with E-state index >= 15 is 0 Å². The van der Waals surface area contributed by atoms with Gasteiger partial charge in [-0.15, -0.1) is 24.0 Å². The molecule has 172 valence electrons. The average molecular weight is 542 g/mol. The zero-order valence-electron chi connectivity index (χ0n) is 18.9. The molecule has 2 heterocycles. The van der Waals surface area contributed by atoms with Crippen molar-refractivity contribution < 1.29 is 13.9 Å². The summed E-state index contributed by atoms with van der Waals surface area (Å²) in [5.41, 5.74) is 0. The Morgan fingerprint density at radius 1 is 1.10 bits per heavy atom. The van der Waals surface area contributed by atoms with E-state index in [-0.39, 0.29) is 36.1 Å². The third-order valence-corrected chi connectivity index (χ3v) is 5.31. The zero-order valence-corrected chi connectivity index (χ0v) is 21.2. The van der Waals surface area contributed by atoms with E-state index in [4.69, 9.17) is 13.9 Å². The minimum Gasteiger partial charge on any atom is -0.493 e. The Hall–Kier alpha value is -1.94. The first-order chi connectivity index (χ1) is 14.6. The summed E-state index contributed by atoms with van der Waals surface area (Å²) in [4.78, 5) is 6.84. The molecule has 1 aliphatic rings. The number of benzene rings is 1. The number of ether oxygens (including phenoxy) is 2. The van der Waals surface area contributed by atoms with Gasteiger partial charge in [0.05, 0.1) is 19.7 Å². The van der Waals surface area contributed by atoms with Crippen LogP contribution < -0.4 is 20.1 Å². The first-order valence-electron chi connectivity index (χ1n) is 10.6. The van der Waals surface area contributed by atoms with Crippen LogP contribution in [0.1, 0.15) is 37.3 Å². The van der Waals surface area contributed by atoms with E-state index in [0.29, 0.717) is 6.54 Å². The lowest BCUT2D eigenvalue weighted by molar-refractivity contribution is 0.209. The van der Waals surface area contributed by atoms with Gasteiger partial charge in [0.1, 0.15) is 17.6 Å². The molecule has 0 saturated carbocycles. The molecule has 1 aromatic carbocycles. The van der Waals surface area contributed by atoms with Gasteiger partial charge in [-0.1, -0.05) is 12.1 Å². The Kier molecular flexibility index (Phi) is 10.5. The molecule has 0 amide bonds. The number of methoxy groups -OCH3 is 1. The van der Waals surface area contributed by atoms with Crippen LogP contribution in [-0.2, 0) is 0 Å². The second kappa shape index (κ2) is 12.8. The number of hydrogen-bond donors (Lipinski definition) is 2. The molecule has 2 unspecified atom stereocenters. The maximum absolute atomic E-state index is 6.02. The number of para-hydroxylation sites is 2. The molecule has 0 spiro atoms. The summed E-state index contributed by atoms with van der Waals surface area (Å²) < 4.78 is 17.3. The quantitative estimate of drug-likeness (QED) is 0.284. The van der Waals surface area contributed by atoms with Gasteiger partial charge in [0, 0.05) is 13.6 Å². The maximum atomic E-state index is 6.02. The normalized spacial score (nSPS) is 16.3. The summed E-state index contributed by atoms with van der Waals surface area (Å²) in [6, 6.07) is 12.0. The molecule has 8 heteroatoms. The number of hydrogen-bond acceptors (Lipinski definition) is 5. The highest BCUT2D eigenvalue weighted by molar-refractivity contribution is 14.0. The Morgan fingerprint density at radius 3 is 2.39 bits per heavy atom. The first-order valence-corrected chi connectivity index (χ1v) is 10.6. The van der Waals surface area contributed by atoms with Crippen LogP contribution in [-0.4, -0.2) is 57.3 Å². The lowest BCUT2D eigenvalue weighted by atomic mass is 10.2. The van der Waals surface area contributed by atoms with Gasteiger partial charge < -0.3 is 24.5 Å². The molecule has 2 atom stereocenters. The Morgan fingerprint density at radius 2 is 1.77 bits per heavy atom. The molecule has 1 fully saturated rings. The molecule has 2 N–H and O–H groups in total. The molecule has 1 aliphatic heterocycles. The number of nitrogens with one attached hydrogen (secondary N) is 2. The fourth-order valence-electron chi connectivity index (χ4n) is 3.72. The number of rotatable bonds is 9. The Bertz CT molecular complexity index is 821. The first kappa shape index (κ1) is 25.3. The summed E-state index contributed by atoms with van der Waals surface area (Å²) in [7, 11) is 3.43. The van der Waals surface area contributed by atoms with E-state index in [2.05, 4.69) is 26.6 Å². The van der Waals surface area contributed by atoms with Crippen molar-refractivity contribution >= 4 is 29.9 Å². The minimum absolute atomic E-state index is 0. The van der Waals surface area contributed by atoms with Crippen molar-refractivity contribution in [3.8, 4) is 11.5 Å². The smallest absolute Gasteiger partial charge is 0.191 e. The van der Waals surface area contributed by atoms with Crippen molar-refractivity contribution in [2.75, 3.05) is 40.3 Å². The lowest BCUT2D eigenvalue weighted by Gasteiger charge is -2.27. The molecule has 7 nitrogen and oxygen atoms in total. The summed E-state index contributed by atoms with van der Waals surface area (Å²) in [5.74, 6) is 4.16. The van der Waals surface area contributed by atoms with E-state index in [0.717, 1.165) is 48.6 Å². The van der Waals surface area contributed by atoms with Gasteiger partial charge in [-0.25, -0.2) is 0 Å². The molecule has 2 aromatic rings. The SMILES string of the molecule is CN=C(NCC(C)Oc1ccccc1OC)NCC(c1ccc(C)o1)N1CCCC1.I. The van der Waals surface area contributed by atoms with Crippen LogP contribution in [0, 0.1) is 6.92 Å². The topological polar surface area (TPSA) is 71.3 Å². The van der Waals surface area contributed by atoms with Crippen LogP contribution in [0.25, 0.3) is 0 Å². The van der Waals surface area contributed by atoms with E-state index in [9.17, 15) is 0 Å². The fourth-order valence-corrected chi connectivity index (χ4v) is 3.72. The molecule has 31 heavy (non-hydrogen) atoms. The second-order valence-corrected chi connectivity index (χ2v) is 7.62. The van der Waals surface area contributed by atoms with E-state index in [1.165, 1.54) is 12.8 Å². The van der Waals surface area contributed by atoms with Crippen LogP contribution in [0.4, 0.5) is 0 Å². The van der Waals surface area contributed by atoms with Crippen molar-refractivity contribution in [1.29, 1.82) is 0 Å². The van der Waals surface area contributed by atoms with E-state index in [1.807, 2.05) is 44.2 Å². The van der Waals surface area contributed by atoms with Gasteiger partial charge in [0.25, 0.3) is 0 Å². The fraction of sp³-hybridized carbons (Fsp3) is 0.522. The second-order valence-electron chi connectivity index (χ2n) is 7.62. The lowest BCUT2D eigenvalue weighted by Crippen LogP contribution is -2.45. The van der Waals surface area contributed by atoms with Gasteiger partial charge in [-0.2, -0.15) is 0 Å². The highest BCUT2D eigenvalue weighted by Gasteiger charge is 2.26. The Labute approximate surface area is 202 Å². The average Bonchev–Trinajstić information content (AvgIpc) is 3.43. The van der Waals surface area contributed by atoms with E-state index < -0.39 is 0 Å². The number of halogens is 1. The zero-order chi connectivity index (χ0) is 21.3. The van der Waals surface area contributed by atoms with Gasteiger partial charge in [-0.3, -0.25) is 9.89 Å². The van der Waals surface area contributed by atoms with Crippen molar-refractivity contribution in [3.63, 3.8) is 0 Å². The highest BCUT2D eigenvalue weighted by atomic mass is 127. The van der Waals surface area contributed by atoms with Gasteiger partial charge in [0.15, 0.2) is 17.5 Å². The minimum atomic E-state index is -0.0537. The van der Waals surface area contributed by atoms with Crippen molar-refractivity contribution in [3.05, 3.63) is 47.9 Å². The third-order valence-electron chi connectivity index (χ3n) is 5.31. The predicted molar refractivity (Wildman–Crippen MR) is 135 cm³/mol. The molecular formula is C23H35IN4O3. The van der Waals surface area contributed by atoms with Crippen molar-refractivity contribution in [2.24, 2.45) is 4.99 Å². The molecular weight excluding hydrogens is 507 g/mol. The van der Waals surface area contributed by atoms with Crippen LogP contribution in [0.5, 0.6) is 11.5 Å². The van der Waals surface area contributed by atoms with Crippen LogP contribution in [0.15, 0.2) is 45.8 Å².